The van der Waals surface area contributed by atoms with Gasteiger partial charge in [-0.25, -0.2) is 0 Å². The van der Waals surface area contributed by atoms with Crippen LogP contribution >= 0.6 is 11.3 Å². The van der Waals surface area contributed by atoms with Crippen molar-refractivity contribution in [3.63, 3.8) is 0 Å². The summed E-state index contributed by atoms with van der Waals surface area (Å²) in [6, 6.07) is 52.0. The maximum atomic E-state index is 4.11. The summed E-state index contributed by atoms with van der Waals surface area (Å²) in [6.07, 6.45) is 1.94. The number of fused-ring (bicyclic) bond motifs is 3. The molecule has 0 radical (unpaired) electrons. The number of benzene rings is 6. The Bertz CT molecular complexity index is 2010. The number of nitrogens with zero attached hydrogens (tertiary/aromatic N) is 1. The molecule has 2 nitrogen and oxygen atoms in total. The van der Waals surface area contributed by atoms with Gasteiger partial charge in [-0.15, -0.1) is 11.3 Å². The van der Waals surface area contributed by atoms with Crippen molar-refractivity contribution in [1.29, 1.82) is 0 Å². The van der Waals surface area contributed by atoms with Crippen LogP contribution in [0.3, 0.4) is 0 Å². The molecule has 0 saturated heterocycles. The van der Waals surface area contributed by atoms with E-state index in [1.54, 1.807) is 0 Å². The second kappa shape index (κ2) is 12.0. The maximum absolute atomic E-state index is 4.11. The average Bonchev–Trinajstić information content (AvgIpc) is 3.46. The molecule has 0 amide bonds. The molecule has 0 bridgehead atoms. The van der Waals surface area contributed by atoms with Crippen LogP contribution in [0.15, 0.2) is 158 Å². The Labute approximate surface area is 257 Å². The molecule has 1 heterocycles. The van der Waals surface area contributed by atoms with Crippen LogP contribution < -0.4 is 5.32 Å². The first-order chi connectivity index (χ1) is 21.2. The molecule has 0 atom stereocenters. The predicted molar refractivity (Wildman–Crippen MR) is 186 cm³/mol. The van der Waals surface area contributed by atoms with Crippen molar-refractivity contribution in [2.45, 2.75) is 13.1 Å². The zero-order chi connectivity index (χ0) is 29.0. The second-order valence-electron chi connectivity index (χ2n) is 10.8. The first-order valence-corrected chi connectivity index (χ1v) is 15.4. The van der Waals surface area contributed by atoms with Crippen LogP contribution in [0.5, 0.6) is 0 Å². The molecule has 3 heteroatoms. The van der Waals surface area contributed by atoms with Crippen molar-refractivity contribution in [2.75, 3.05) is 5.32 Å². The fourth-order valence-electron chi connectivity index (χ4n) is 5.74. The molecule has 0 saturated carbocycles. The molecule has 0 aliphatic carbocycles. The molecular weight excluding hydrogens is 541 g/mol. The van der Waals surface area contributed by atoms with E-state index in [0.717, 1.165) is 24.5 Å². The van der Waals surface area contributed by atoms with Gasteiger partial charge in [-0.1, -0.05) is 128 Å². The van der Waals surface area contributed by atoms with Crippen LogP contribution in [0.4, 0.5) is 11.4 Å². The predicted octanol–water partition coefficient (Wildman–Crippen LogP) is 11.3. The highest BCUT2D eigenvalue weighted by molar-refractivity contribution is 7.26. The minimum atomic E-state index is 0.792. The summed E-state index contributed by atoms with van der Waals surface area (Å²) < 4.78 is 2.59. The third kappa shape index (κ3) is 5.68. The summed E-state index contributed by atoms with van der Waals surface area (Å²) in [4.78, 5) is 2.26. The lowest BCUT2D eigenvalue weighted by atomic mass is 10.0. The summed E-state index contributed by atoms with van der Waals surface area (Å²) in [6.45, 7) is 5.70. The van der Waals surface area contributed by atoms with Crippen molar-refractivity contribution in [1.82, 2.24) is 4.90 Å². The zero-order valence-electron chi connectivity index (χ0n) is 23.9. The Hall–Kier alpha value is -5.12. The third-order valence-electron chi connectivity index (χ3n) is 7.92. The van der Waals surface area contributed by atoms with E-state index in [2.05, 4.69) is 162 Å². The molecule has 1 N–H and O–H groups in total. The van der Waals surface area contributed by atoms with Gasteiger partial charge in [0.1, 0.15) is 0 Å². The largest absolute Gasteiger partial charge is 0.369 e. The fraction of sp³-hybridized carbons (Fsp3) is 0.0500. The van der Waals surface area contributed by atoms with E-state index in [9.17, 15) is 0 Å². The zero-order valence-corrected chi connectivity index (χ0v) is 24.7. The van der Waals surface area contributed by atoms with Gasteiger partial charge in [0, 0.05) is 39.8 Å². The highest BCUT2D eigenvalue weighted by atomic mass is 32.1. The van der Waals surface area contributed by atoms with E-state index < -0.39 is 0 Å². The van der Waals surface area contributed by atoms with E-state index in [4.69, 9.17) is 0 Å². The highest BCUT2D eigenvalue weighted by Gasteiger charge is 2.15. The average molecular weight is 573 g/mol. The SMILES string of the molecule is C=CN(Cc1ccc(Nc2c(-c3ccccc3)ccc3c2sc2ccccc23)cc1)Cc1cccc(-c2ccccc2)c1. The topological polar surface area (TPSA) is 15.3 Å². The number of rotatable bonds is 9. The lowest BCUT2D eigenvalue weighted by Crippen LogP contribution is -2.15. The van der Waals surface area contributed by atoms with Crippen LogP contribution in [0.2, 0.25) is 0 Å². The van der Waals surface area contributed by atoms with Gasteiger partial charge >= 0.3 is 0 Å². The Balaban J connectivity index is 1.14. The standard InChI is InChI=1S/C40H32N2S/c1-2-42(28-30-12-11-17-33(26-30)31-13-5-3-6-14-31)27-29-20-22-34(23-21-29)41-39-35(32-15-7-4-8-16-32)24-25-37-36-18-9-10-19-38(36)43-40(37)39/h2-26,41H,1,27-28H2. The number of hydrogen-bond acceptors (Lipinski definition) is 3. The van der Waals surface area contributed by atoms with Crippen molar-refractivity contribution in [3.8, 4) is 22.3 Å². The van der Waals surface area contributed by atoms with E-state index in [1.165, 1.54) is 53.6 Å². The molecule has 0 spiro atoms. The summed E-state index contributed by atoms with van der Waals surface area (Å²) in [5.74, 6) is 0. The first kappa shape index (κ1) is 26.8. The van der Waals surface area contributed by atoms with E-state index >= 15 is 0 Å². The van der Waals surface area contributed by atoms with Gasteiger partial charge in [0.05, 0.1) is 10.4 Å². The lowest BCUT2D eigenvalue weighted by molar-refractivity contribution is 0.363. The third-order valence-corrected chi connectivity index (χ3v) is 9.12. The van der Waals surface area contributed by atoms with Crippen molar-refractivity contribution < 1.29 is 0 Å². The van der Waals surface area contributed by atoms with Gasteiger partial charge in [0.2, 0.25) is 0 Å². The van der Waals surface area contributed by atoms with E-state index in [0.29, 0.717) is 0 Å². The van der Waals surface area contributed by atoms with Crippen LogP contribution in [0.1, 0.15) is 11.1 Å². The smallest absolute Gasteiger partial charge is 0.0645 e. The maximum Gasteiger partial charge on any atom is 0.0645 e. The Morgan fingerprint density at radius 2 is 1.26 bits per heavy atom. The Kier molecular flexibility index (Phi) is 7.47. The Morgan fingerprint density at radius 3 is 2.02 bits per heavy atom. The van der Waals surface area contributed by atoms with Gasteiger partial charge in [0.25, 0.3) is 0 Å². The molecule has 43 heavy (non-hydrogen) atoms. The molecule has 0 aliphatic rings. The quantitative estimate of drug-likeness (QED) is 0.185. The highest BCUT2D eigenvalue weighted by Crippen LogP contribution is 2.44. The molecule has 208 valence electrons. The fourth-order valence-corrected chi connectivity index (χ4v) is 6.95. The molecule has 0 aliphatic heterocycles. The molecule has 7 rings (SSSR count). The minimum absolute atomic E-state index is 0.792. The molecule has 0 unspecified atom stereocenters. The van der Waals surface area contributed by atoms with Gasteiger partial charge in [-0.2, -0.15) is 0 Å². The molecule has 0 fully saturated rings. The molecule has 7 aromatic rings. The lowest BCUT2D eigenvalue weighted by Gasteiger charge is -2.21. The molecular formula is C40H32N2S. The van der Waals surface area contributed by atoms with Crippen LogP contribution in [0, 0.1) is 0 Å². The van der Waals surface area contributed by atoms with E-state index in [-0.39, 0.29) is 0 Å². The van der Waals surface area contributed by atoms with Crippen molar-refractivity contribution >= 4 is 42.9 Å². The van der Waals surface area contributed by atoms with Crippen LogP contribution in [-0.2, 0) is 13.1 Å². The van der Waals surface area contributed by atoms with Gasteiger partial charge < -0.3 is 10.2 Å². The Morgan fingerprint density at radius 1 is 0.581 bits per heavy atom. The summed E-state index contributed by atoms with van der Waals surface area (Å²) in [7, 11) is 0. The van der Waals surface area contributed by atoms with Crippen LogP contribution in [0.25, 0.3) is 42.4 Å². The second-order valence-corrected chi connectivity index (χ2v) is 11.9. The first-order valence-electron chi connectivity index (χ1n) is 14.6. The van der Waals surface area contributed by atoms with Gasteiger partial charge in [-0.05, 0) is 58.3 Å². The number of hydrogen-bond donors (Lipinski definition) is 1. The summed E-state index contributed by atoms with van der Waals surface area (Å²) in [5, 5.41) is 6.40. The summed E-state index contributed by atoms with van der Waals surface area (Å²) in [5.41, 5.74) is 9.63. The van der Waals surface area contributed by atoms with E-state index in [1.807, 2.05) is 17.5 Å². The van der Waals surface area contributed by atoms with Gasteiger partial charge in [0.15, 0.2) is 0 Å². The molecule has 1 aromatic heterocycles. The van der Waals surface area contributed by atoms with Gasteiger partial charge in [-0.3, -0.25) is 0 Å². The van der Waals surface area contributed by atoms with Crippen LogP contribution in [-0.4, -0.2) is 4.90 Å². The summed E-state index contributed by atoms with van der Waals surface area (Å²) >= 11 is 1.85. The minimum Gasteiger partial charge on any atom is -0.369 e. The number of thiophene rings is 1. The number of nitrogens with one attached hydrogen (secondary N) is 1. The van der Waals surface area contributed by atoms with Crippen molar-refractivity contribution in [2.24, 2.45) is 0 Å². The number of anilines is 2. The molecule has 6 aromatic carbocycles. The normalized spacial score (nSPS) is 11.1. The van der Waals surface area contributed by atoms with Crippen molar-refractivity contribution in [3.05, 3.63) is 169 Å². The monoisotopic (exact) mass is 572 g/mol.